The summed E-state index contributed by atoms with van der Waals surface area (Å²) in [7, 11) is 1.86. The molecule has 0 amide bonds. The minimum atomic E-state index is -0.558. The van der Waals surface area contributed by atoms with Gasteiger partial charge in [0.25, 0.3) is 0 Å². The smallest absolute Gasteiger partial charge is 0.132 e. The molecule has 5 heteroatoms. The fourth-order valence-electron chi connectivity index (χ4n) is 1.67. The van der Waals surface area contributed by atoms with Crippen LogP contribution >= 0.6 is 15.9 Å². The molecule has 1 N–H and O–H groups in total. The van der Waals surface area contributed by atoms with Gasteiger partial charge < -0.3 is 9.84 Å². The molecular formula is C13H15BrN2O2. The van der Waals surface area contributed by atoms with Crippen molar-refractivity contribution in [1.29, 1.82) is 0 Å². The number of ether oxygens (including phenoxy) is 1. The predicted molar refractivity (Wildman–Crippen MR) is 72.3 cm³/mol. The third-order valence-corrected chi connectivity index (χ3v) is 3.06. The number of hydrogen-bond acceptors (Lipinski definition) is 3. The van der Waals surface area contributed by atoms with Crippen LogP contribution in [0.3, 0.4) is 0 Å². The van der Waals surface area contributed by atoms with Gasteiger partial charge in [0, 0.05) is 23.3 Å². The van der Waals surface area contributed by atoms with Crippen LogP contribution in [-0.2, 0) is 13.7 Å². The third-order valence-electron chi connectivity index (χ3n) is 2.57. The lowest BCUT2D eigenvalue weighted by Crippen LogP contribution is -2.02. The lowest BCUT2D eigenvalue weighted by molar-refractivity contribution is 0.189. The van der Waals surface area contributed by atoms with E-state index in [1.165, 1.54) is 0 Å². The summed E-state index contributed by atoms with van der Waals surface area (Å²) >= 11 is 3.39. The molecule has 0 aliphatic heterocycles. The monoisotopic (exact) mass is 310 g/mol. The van der Waals surface area contributed by atoms with Gasteiger partial charge >= 0.3 is 0 Å². The van der Waals surface area contributed by atoms with Crippen molar-refractivity contribution < 1.29 is 9.84 Å². The molecule has 1 atom stereocenters. The highest BCUT2D eigenvalue weighted by Crippen LogP contribution is 2.29. The molecule has 0 bridgehead atoms. The second-order valence-corrected chi connectivity index (χ2v) is 5.04. The van der Waals surface area contributed by atoms with E-state index in [2.05, 4.69) is 21.0 Å². The van der Waals surface area contributed by atoms with Crippen LogP contribution < -0.4 is 4.74 Å². The molecule has 1 aromatic carbocycles. The Labute approximate surface area is 114 Å². The van der Waals surface area contributed by atoms with Gasteiger partial charge in [-0.2, -0.15) is 5.10 Å². The number of rotatable bonds is 4. The number of benzene rings is 1. The Balaban J connectivity index is 2.15. The number of aliphatic hydroxyl groups excluding tert-OH is 1. The topological polar surface area (TPSA) is 47.3 Å². The van der Waals surface area contributed by atoms with Crippen molar-refractivity contribution in [3.63, 3.8) is 0 Å². The van der Waals surface area contributed by atoms with Crippen molar-refractivity contribution in [3.8, 4) is 5.75 Å². The molecule has 0 saturated heterocycles. The summed E-state index contributed by atoms with van der Waals surface area (Å²) in [6.07, 6.45) is 1.31. The van der Waals surface area contributed by atoms with E-state index in [-0.39, 0.29) is 0 Å². The first-order valence-corrected chi connectivity index (χ1v) is 6.44. The van der Waals surface area contributed by atoms with Gasteiger partial charge in [0.15, 0.2) is 0 Å². The molecule has 18 heavy (non-hydrogen) atoms. The van der Waals surface area contributed by atoms with E-state index in [1.54, 1.807) is 11.6 Å². The van der Waals surface area contributed by atoms with Crippen LogP contribution in [0.15, 0.2) is 34.9 Å². The molecule has 4 nitrogen and oxygen atoms in total. The fraction of sp³-hybridized carbons (Fsp3) is 0.308. The summed E-state index contributed by atoms with van der Waals surface area (Å²) in [5.74, 6) is 0.671. The molecule has 0 unspecified atom stereocenters. The highest BCUT2D eigenvalue weighted by molar-refractivity contribution is 9.10. The first-order valence-electron chi connectivity index (χ1n) is 5.65. The molecule has 2 rings (SSSR count). The Morgan fingerprint density at radius 3 is 2.83 bits per heavy atom. The third kappa shape index (κ3) is 3.11. The second kappa shape index (κ2) is 5.54. The Morgan fingerprint density at radius 2 is 2.22 bits per heavy atom. The number of aryl methyl sites for hydroxylation is 1. The van der Waals surface area contributed by atoms with E-state index < -0.39 is 6.10 Å². The zero-order valence-corrected chi connectivity index (χ0v) is 11.9. The van der Waals surface area contributed by atoms with Crippen molar-refractivity contribution in [2.24, 2.45) is 7.05 Å². The van der Waals surface area contributed by atoms with E-state index in [1.807, 2.05) is 37.5 Å². The Morgan fingerprint density at radius 1 is 1.44 bits per heavy atom. The first kappa shape index (κ1) is 13.1. The summed E-state index contributed by atoms with van der Waals surface area (Å²) in [6.45, 7) is 2.11. The molecular weight excluding hydrogens is 296 g/mol. The van der Waals surface area contributed by atoms with Gasteiger partial charge in [0.2, 0.25) is 0 Å². The van der Waals surface area contributed by atoms with Gasteiger partial charge in [-0.25, -0.2) is 0 Å². The van der Waals surface area contributed by atoms with Gasteiger partial charge in [-0.15, -0.1) is 0 Å². The average molecular weight is 311 g/mol. The highest BCUT2D eigenvalue weighted by Gasteiger charge is 2.10. The fourth-order valence-corrected chi connectivity index (χ4v) is 2.01. The summed E-state index contributed by atoms with van der Waals surface area (Å²) in [5, 5.41) is 13.9. The minimum Gasteiger partial charge on any atom is -0.487 e. The Kier molecular flexibility index (Phi) is 4.04. The van der Waals surface area contributed by atoms with Gasteiger partial charge in [0.1, 0.15) is 12.4 Å². The molecule has 0 spiro atoms. The summed E-state index contributed by atoms with van der Waals surface area (Å²) in [4.78, 5) is 0. The van der Waals surface area contributed by atoms with Crippen molar-refractivity contribution in [1.82, 2.24) is 9.78 Å². The van der Waals surface area contributed by atoms with Gasteiger partial charge in [-0.3, -0.25) is 4.68 Å². The van der Waals surface area contributed by atoms with Crippen LogP contribution in [0, 0.1) is 0 Å². The van der Waals surface area contributed by atoms with Gasteiger partial charge in [0.05, 0.1) is 11.8 Å². The SMILES string of the molecule is C[C@@H](O)c1ccc(Br)cc1OCc1ccn(C)n1. The van der Waals surface area contributed by atoms with Crippen molar-refractivity contribution in [2.45, 2.75) is 19.6 Å². The maximum Gasteiger partial charge on any atom is 0.132 e. The average Bonchev–Trinajstić information content (AvgIpc) is 2.72. The molecule has 1 aromatic heterocycles. The molecule has 0 fully saturated rings. The van der Waals surface area contributed by atoms with E-state index in [0.29, 0.717) is 12.4 Å². The van der Waals surface area contributed by atoms with Crippen LogP contribution in [0.1, 0.15) is 24.3 Å². The van der Waals surface area contributed by atoms with Crippen molar-refractivity contribution in [2.75, 3.05) is 0 Å². The maximum atomic E-state index is 9.68. The summed E-state index contributed by atoms with van der Waals surface area (Å²) in [6, 6.07) is 7.49. The number of hydrogen-bond donors (Lipinski definition) is 1. The zero-order valence-electron chi connectivity index (χ0n) is 10.3. The van der Waals surface area contributed by atoms with Crippen molar-refractivity contribution in [3.05, 3.63) is 46.2 Å². The van der Waals surface area contributed by atoms with E-state index in [4.69, 9.17) is 4.74 Å². The molecule has 0 aliphatic rings. The Bertz CT molecular complexity index is 538. The Hall–Kier alpha value is -1.33. The summed E-state index contributed by atoms with van der Waals surface area (Å²) < 4.78 is 8.36. The molecule has 0 radical (unpaired) electrons. The standard InChI is InChI=1S/C13H15BrN2O2/c1-9(17)12-4-3-10(14)7-13(12)18-8-11-5-6-16(2)15-11/h3-7,9,17H,8H2,1-2H3/t9-/m1/s1. The minimum absolute atomic E-state index is 0.386. The predicted octanol–water partition coefficient (Wildman–Crippen LogP) is 2.81. The van der Waals surface area contributed by atoms with Crippen LogP contribution in [-0.4, -0.2) is 14.9 Å². The van der Waals surface area contributed by atoms with Crippen molar-refractivity contribution >= 4 is 15.9 Å². The van der Waals surface area contributed by atoms with Crippen LogP contribution in [0.4, 0.5) is 0 Å². The maximum absolute atomic E-state index is 9.68. The highest BCUT2D eigenvalue weighted by atomic mass is 79.9. The van der Waals surface area contributed by atoms with Gasteiger partial charge in [-0.05, 0) is 25.1 Å². The molecule has 96 valence electrons. The van der Waals surface area contributed by atoms with Gasteiger partial charge in [-0.1, -0.05) is 22.0 Å². The number of halogens is 1. The van der Waals surface area contributed by atoms with Crippen LogP contribution in [0.5, 0.6) is 5.75 Å². The lowest BCUT2D eigenvalue weighted by Gasteiger charge is -2.13. The number of aromatic nitrogens is 2. The molecule has 1 heterocycles. The number of aliphatic hydroxyl groups is 1. The second-order valence-electron chi connectivity index (χ2n) is 4.13. The van der Waals surface area contributed by atoms with E-state index in [0.717, 1.165) is 15.7 Å². The van der Waals surface area contributed by atoms with Crippen LogP contribution in [0.2, 0.25) is 0 Å². The molecule has 2 aromatic rings. The normalized spacial score (nSPS) is 12.4. The molecule has 0 aliphatic carbocycles. The quantitative estimate of drug-likeness (QED) is 0.944. The largest absolute Gasteiger partial charge is 0.487 e. The van der Waals surface area contributed by atoms with E-state index in [9.17, 15) is 5.11 Å². The molecule has 0 saturated carbocycles. The lowest BCUT2D eigenvalue weighted by atomic mass is 10.1. The van der Waals surface area contributed by atoms with E-state index >= 15 is 0 Å². The zero-order chi connectivity index (χ0) is 13.1. The number of nitrogens with zero attached hydrogens (tertiary/aromatic N) is 2. The van der Waals surface area contributed by atoms with Crippen LogP contribution in [0.25, 0.3) is 0 Å². The first-order chi connectivity index (χ1) is 8.56. The summed E-state index contributed by atoms with van der Waals surface area (Å²) in [5.41, 5.74) is 1.63.